The summed E-state index contributed by atoms with van der Waals surface area (Å²) in [4.78, 5) is 27.5. The molecule has 2 amide bonds. The Morgan fingerprint density at radius 2 is 2.03 bits per heavy atom. The third-order valence-corrected chi connectivity index (χ3v) is 10.4. The molecule has 4 nitrogen and oxygen atoms in total. The minimum atomic E-state index is 0.0822. The molecular weight excluding hydrogens is 392 g/mol. The number of rotatable bonds is 3. The molecule has 0 bridgehead atoms. The Labute approximate surface area is 184 Å². The van der Waals surface area contributed by atoms with E-state index in [0.29, 0.717) is 23.3 Å². The van der Waals surface area contributed by atoms with E-state index in [2.05, 4.69) is 25.2 Å². The molecular formula is C25H34N2O2S. The van der Waals surface area contributed by atoms with Crippen molar-refractivity contribution in [3.8, 4) is 0 Å². The number of thiophene rings is 1. The van der Waals surface area contributed by atoms with Gasteiger partial charge in [-0.1, -0.05) is 26.0 Å². The summed E-state index contributed by atoms with van der Waals surface area (Å²) in [5, 5.41) is 5.20. The van der Waals surface area contributed by atoms with Crippen molar-refractivity contribution in [2.45, 2.75) is 58.4 Å². The van der Waals surface area contributed by atoms with Crippen molar-refractivity contribution in [3.05, 3.63) is 34.5 Å². The Kier molecular flexibility index (Phi) is 4.88. The van der Waals surface area contributed by atoms with Crippen LogP contribution >= 0.6 is 11.3 Å². The van der Waals surface area contributed by atoms with Gasteiger partial charge in [0.05, 0.1) is 4.88 Å². The molecule has 30 heavy (non-hydrogen) atoms. The van der Waals surface area contributed by atoms with Gasteiger partial charge < -0.3 is 10.2 Å². The first-order valence-electron chi connectivity index (χ1n) is 11.6. The molecule has 0 spiro atoms. The Morgan fingerprint density at radius 1 is 1.20 bits per heavy atom. The fraction of sp³-hybridized carbons (Fsp3) is 0.680. The van der Waals surface area contributed by atoms with Gasteiger partial charge in [0.15, 0.2) is 0 Å². The molecule has 0 saturated heterocycles. The van der Waals surface area contributed by atoms with Crippen molar-refractivity contribution in [2.75, 3.05) is 13.6 Å². The van der Waals surface area contributed by atoms with Crippen LogP contribution in [0.1, 0.15) is 62.0 Å². The molecule has 162 valence electrons. The van der Waals surface area contributed by atoms with Crippen molar-refractivity contribution >= 4 is 23.2 Å². The van der Waals surface area contributed by atoms with Gasteiger partial charge in [-0.2, -0.15) is 0 Å². The number of amides is 2. The van der Waals surface area contributed by atoms with Crippen LogP contribution in [0.3, 0.4) is 0 Å². The van der Waals surface area contributed by atoms with E-state index in [1.807, 2.05) is 35.5 Å². The van der Waals surface area contributed by atoms with Crippen LogP contribution < -0.4 is 5.32 Å². The van der Waals surface area contributed by atoms with Crippen LogP contribution in [0.4, 0.5) is 0 Å². The van der Waals surface area contributed by atoms with Crippen LogP contribution in [-0.2, 0) is 4.79 Å². The van der Waals surface area contributed by atoms with Crippen molar-refractivity contribution in [2.24, 2.45) is 34.5 Å². The molecule has 5 rings (SSSR count). The van der Waals surface area contributed by atoms with Crippen LogP contribution in [0, 0.1) is 34.5 Å². The number of nitrogens with one attached hydrogen (secondary N) is 1. The lowest BCUT2D eigenvalue weighted by Crippen LogP contribution is -2.59. The summed E-state index contributed by atoms with van der Waals surface area (Å²) in [7, 11) is 1.99. The Balaban J connectivity index is 1.32. The number of nitrogens with zero attached hydrogens (tertiary/aromatic N) is 1. The molecule has 1 N–H and O–H groups in total. The standard InChI is InChI=1S/C25H34N2O2S/c1-24-12-10-19-17(7-9-21-25(19,2)13-11-22(28)27(21)3)18(24)8-6-16(24)15-26-23(29)20-5-4-14-30-20/h4-5,11,13-14,16-19,21H,6-10,12,15H2,1-3H3,(H,26,29)/t16?,17-,18-,19+,21?,24+,25+/m0/s1. The topological polar surface area (TPSA) is 49.4 Å². The molecule has 4 aliphatic rings. The van der Waals surface area contributed by atoms with Crippen molar-refractivity contribution in [1.82, 2.24) is 10.2 Å². The van der Waals surface area contributed by atoms with Crippen LogP contribution in [0.15, 0.2) is 29.7 Å². The van der Waals surface area contributed by atoms with Crippen LogP contribution in [0.25, 0.3) is 0 Å². The number of likely N-dealkylation sites (N-methyl/N-ethyl adjacent to an activating group) is 1. The maximum Gasteiger partial charge on any atom is 0.261 e. The van der Waals surface area contributed by atoms with Gasteiger partial charge in [-0.15, -0.1) is 11.3 Å². The molecule has 0 aromatic carbocycles. The number of fused-ring (bicyclic) bond motifs is 5. The second-order valence-electron chi connectivity index (χ2n) is 10.6. The predicted octanol–water partition coefficient (Wildman–Crippen LogP) is 4.73. The average Bonchev–Trinajstić information content (AvgIpc) is 3.37. The maximum atomic E-state index is 12.5. The first kappa shape index (κ1) is 20.3. The lowest BCUT2D eigenvalue weighted by atomic mass is 9.47. The molecule has 5 heteroatoms. The molecule has 1 aromatic rings. The highest BCUT2D eigenvalue weighted by Crippen LogP contribution is 2.65. The van der Waals surface area contributed by atoms with Gasteiger partial charge in [0, 0.05) is 25.0 Å². The van der Waals surface area contributed by atoms with Gasteiger partial charge in [-0.25, -0.2) is 0 Å². The van der Waals surface area contributed by atoms with E-state index < -0.39 is 0 Å². The van der Waals surface area contributed by atoms with Crippen LogP contribution in [0.2, 0.25) is 0 Å². The Morgan fingerprint density at radius 3 is 2.80 bits per heavy atom. The van der Waals surface area contributed by atoms with Crippen LogP contribution in [-0.4, -0.2) is 36.3 Å². The largest absolute Gasteiger partial charge is 0.351 e. The van der Waals surface area contributed by atoms with E-state index in [4.69, 9.17) is 0 Å². The predicted molar refractivity (Wildman–Crippen MR) is 120 cm³/mol. The minimum absolute atomic E-state index is 0.0822. The minimum Gasteiger partial charge on any atom is -0.351 e. The third-order valence-electron chi connectivity index (χ3n) is 9.58. The normalized spacial score (nSPS) is 42.4. The average molecular weight is 427 g/mol. The molecule has 7 atom stereocenters. The summed E-state index contributed by atoms with van der Waals surface area (Å²) in [6.45, 7) is 5.71. The first-order valence-corrected chi connectivity index (χ1v) is 12.5. The van der Waals surface area contributed by atoms with E-state index in [9.17, 15) is 9.59 Å². The number of carbonyl (C=O) groups excluding carboxylic acids is 2. The lowest BCUT2D eigenvalue weighted by Gasteiger charge is -2.60. The number of hydrogen-bond acceptors (Lipinski definition) is 3. The van der Waals surface area contributed by atoms with Crippen molar-refractivity contribution in [1.29, 1.82) is 0 Å². The van der Waals surface area contributed by atoms with Gasteiger partial charge in [0.1, 0.15) is 0 Å². The SMILES string of the molecule is CN1C(=O)C=C[C@@]2(C)C1CC[C@@H]1[C@H]2CC[C@]2(C)C(CNC(=O)c3cccs3)CC[C@@H]12. The molecule has 3 saturated carbocycles. The highest BCUT2D eigenvalue weighted by molar-refractivity contribution is 7.12. The molecule has 1 aromatic heterocycles. The Hall–Kier alpha value is -1.62. The fourth-order valence-electron chi connectivity index (χ4n) is 7.89. The zero-order chi connectivity index (χ0) is 21.1. The van der Waals surface area contributed by atoms with E-state index in [1.54, 1.807) is 0 Å². The monoisotopic (exact) mass is 426 g/mol. The third kappa shape index (κ3) is 2.91. The highest BCUT2D eigenvalue weighted by Gasteiger charge is 2.60. The fourth-order valence-corrected chi connectivity index (χ4v) is 8.53. The van der Waals surface area contributed by atoms with E-state index in [1.165, 1.54) is 43.4 Å². The molecule has 3 fully saturated rings. The summed E-state index contributed by atoms with van der Waals surface area (Å²) in [5.74, 6) is 2.98. The van der Waals surface area contributed by atoms with E-state index >= 15 is 0 Å². The quantitative estimate of drug-likeness (QED) is 0.759. The summed E-state index contributed by atoms with van der Waals surface area (Å²) < 4.78 is 0. The van der Waals surface area contributed by atoms with E-state index in [-0.39, 0.29) is 17.2 Å². The highest BCUT2D eigenvalue weighted by atomic mass is 32.1. The molecule has 1 aliphatic heterocycles. The zero-order valence-electron chi connectivity index (χ0n) is 18.4. The van der Waals surface area contributed by atoms with Gasteiger partial charge in [0.2, 0.25) is 5.91 Å². The summed E-state index contributed by atoms with van der Waals surface area (Å²) >= 11 is 1.51. The summed E-state index contributed by atoms with van der Waals surface area (Å²) in [5.41, 5.74) is 0.436. The first-order chi connectivity index (χ1) is 14.3. The van der Waals surface area contributed by atoms with Gasteiger partial charge in [-0.3, -0.25) is 9.59 Å². The number of carbonyl (C=O) groups is 2. The second-order valence-corrected chi connectivity index (χ2v) is 11.6. The van der Waals surface area contributed by atoms with Crippen molar-refractivity contribution < 1.29 is 9.59 Å². The van der Waals surface area contributed by atoms with Gasteiger partial charge in [-0.05, 0) is 85.1 Å². The summed E-state index contributed by atoms with van der Waals surface area (Å²) in [6.07, 6.45) is 11.4. The number of hydrogen-bond donors (Lipinski definition) is 1. The smallest absolute Gasteiger partial charge is 0.261 e. The second kappa shape index (κ2) is 7.22. The van der Waals surface area contributed by atoms with E-state index in [0.717, 1.165) is 29.7 Å². The van der Waals surface area contributed by atoms with Crippen molar-refractivity contribution in [3.63, 3.8) is 0 Å². The molecule has 3 aliphatic carbocycles. The summed E-state index contributed by atoms with van der Waals surface area (Å²) in [6, 6.07) is 4.20. The lowest BCUT2D eigenvalue weighted by molar-refractivity contribution is -0.138. The zero-order valence-corrected chi connectivity index (χ0v) is 19.2. The molecule has 2 unspecified atom stereocenters. The van der Waals surface area contributed by atoms with Gasteiger partial charge in [0.25, 0.3) is 5.91 Å². The van der Waals surface area contributed by atoms with Gasteiger partial charge >= 0.3 is 0 Å². The molecule has 0 radical (unpaired) electrons. The molecule has 2 heterocycles. The maximum absolute atomic E-state index is 12.5. The Bertz CT molecular complexity index is 865. The van der Waals surface area contributed by atoms with Crippen LogP contribution in [0.5, 0.6) is 0 Å².